The zero-order valence-corrected chi connectivity index (χ0v) is 11.0. The van der Waals surface area contributed by atoms with Crippen LogP contribution in [0.3, 0.4) is 0 Å². The van der Waals surface area contributed by atoms with Gasteiger partial charge in [0.1, 0.15) is 0 Å². The SMILES string of the molecule is Cc1cc(-c2ccccn2)cc(C(C)(C)C)c1. The summed E-state index contributed by atoms with van der Waals surface area (Å²) < 4.78 is 0. The average molecular weight is 225 g/mol. The molecule has 0 saturated heterocycles. The molecule has 1 aromatic carbocycles. The second-order valence-corrected chi connectivity index (χ2v) is 5.55. The van der Waals surface area contributed by atoms with Crippen molar-refractivity contribution in [2.24, 2.45) is 0 Å². The molecule has 1 heteroatoms. The zero-order chi connectivity index (χ0) is 12.5. The lowest BCUT2D eigenvalue weighted by Gasteiger charge is -2.20. The largest absolute Gasteiger partial charge is 0.256 e. The Morgan fingerprint density at radius 2 is 1.76 bits per heavy atom. The van der Waals surface area contributed by atoms with Gasteiger partial charge in [-0.25, -0.2) is 0 Å². The van der Waals surface area contributed by atoms with Crippen molar-refractivity contribution < 1.29 is 0 Å². The van der Waals surface area contributed by atoms with Crippen LogP contribution in [0, 0.1) is 6.92 Å². The van der Waals surface area contributed by atoms with Crippen molar-refractivity contribution in [1.82, 2.24) is 4.98 Å². The van der Waals surface area contributed by atoms with E-state index in [0.29, 0.717) is 0 Å². The first-order valence-electron chi connectivity index (χ1n) is 6.00. The average Bonchev–Trinajstić information content (AvgIpc) is 2.28. The highest BCUT2D eigenvalue weighted by molar-refractivity contribution is 5.61. The molecule has 0 aliphatic heterocycles. The van der Waals surface area contributed by atoms with Crippen molar-refractivity contribution in [2.75, 3.05) is 0 Å². The second-order valence-electron chi connectivity index (χ2n) is 5.55. The molecule has 1 aromatic heterocycles. The van der Waals surface area contributed by atoms with E-state index in [1.807, 2.05) is 18.3 Å². The van der Waals surface area contributed by atoms with Gasteiger partial charge in [-0.15, -0.1) is 0 Å². The van der Waals surface area contributed by atoms with Crippen LogP contribution in [0.1, 0.15) is 31.9 Å². The van der Waals surface area contributed by atoms with Gasteiger partial charge in [-0.3, -0.25) is 4.98 Å². The number of pyridine rings is 1. The van der Waals surface area contributed by atoms with Gasteiger partial charge in [-0.05, 0) is 42.2 Å². The maximum atomic E-state index is 4.41. The Morgan fingerprint density at radius 1 is 1.00 bits per heavy atom. The van der Waals surface area contributed by atoms with Gasteiger partial charge >= 0.3 is 0 Å². The molecule has 0 spiro atoms. The van der Waals surface area contributed by atoms with E-state index >= 15 is 0 Å². The number of aromatic nitrogens is 1. The lowest BCUT2D eigenvalue weighted by Crippen LogP contribution is -2.11. The minimum Gasteiger partial charge on any atom is -0.256 e. The predicted molar refractivity (Wildman–Crippen MR) is 73.1 cm³/mol. The van der Waals surface area contributed by atoms with Crippen molar-refractivity contribution in [3.63, 3.8) is 0 Å². The van der Waals surface area contributed by atoms with Crippen molar-refractivity contribution in [3.8, 4) is 11.3 Å². The fourth-order valence-corrected chi connectivity index (χ4v) is 1.90. The highest BCUT2D eigenvalue weighted by atomic mass is 14.7. The molecule has 0 N–H and O–H groups in total. The van der Waals surface area contributed by atoms with E-state index in [-0.39, 0.29) is 5.41 Å². The minimum absolute atomic E-state index is 0.176. The van der Waals surface area contributed by atoms with E-state index in [4.69, 9.17) is 0 Å². The third kappa shape index (κ3) is 2.73. The van der Waals surface area contributed by atoms with Crippen LogP contribution in [-0.2, 0) is 5.41 Å². The van der Waals surface area contributed by atoms with Crippen LogP contribution in [-0.4, -0.2) is 4.98 Å². The summed E-state index contributed by atoms with van der Waals surface area (Å²) in [5, 5.41) is 0. The highest BCUT2D eigenvalue weighted by Crippen LogP contribution is 2.28. The topological polar surface area (TPSA) is 12.9 Å². The van der Waals surface area contributed by atoms with Gasteiger partial charge < -0.3 is 0 Å². The fraction of sp³-hybridized carbons (Fsp3) is 0.312. The van der Waals surface area contributed by atoms with E-state index < -0.39 is 0 Å². The molecule has 88 valence electrons. The summed E-state index contributed by atoms with van der Waals surface area (Å²) in [7, 11) is 0. The Balaban J connectivity index is 2.54. The molecule has 0 aliphatic carbocycles. The number of aryl methyl sites for hydroxylation is 1. The van der Waals surface area contributed by atoms with Gasteiger partial charge in [0.05, 0.1) is 5.69 Å². The molecule has 0 amide bonds. The van der Waals surface area contributed by atoms with Gasteiger partial charge in [0.25, 0.3) is 0 Å². The quantitative estimate of drug-likeness (QED) is 0.703. The Morgan fingerprint density at radius 3 is 2.35 bits per heavy atom. The molecule has 2 aromatic rings. The van der Waals surface area contributed by atoms with E-state index in [2.05, 4.69) is 56.9 Å². The summed E-state index contributed by atoms with van der Waals surface area (Å²) in [5.41, 5.74) is 5.07. The number of hydrogen-bond donors (Lipinski definition) is 0. The number of benzene rings is 1. The van der Waals surface area contributed by atoms with Crippen LogP contribution in [0.2, 0.25) is 0 Å². The smallest absolute Gasteiger partial charge is 0.0702 e. The van der Waals surface area contributed by atoms with Crippen LogP contribution in [0.4, 0.5) is 0 Å². The summed E-state index contributed by atoms with van der Waals surface area (Å²) in [5.74, 6) is 0. The zero-order valence-electron chi connectivity index (χ0n) is 11.0. The molecule has 0 bridgehead atoms. The van der Waals surface area contributed by atoms with E-state index in [9.17, 15) is 0 Å². The number of rotatable bonds is 1. The van der Waals surface area contributed by atoms with Gasteiger partial charge in [0, 0.05) is 11.8 Å². The second kappa shape index (κ2) is 4.33. The van der Waals surface area contributed by atoms with Crippen molar-refractivity contribution in [1.29, 1.82) is 0 Å². The van der Waals surface area contributed by atoms with Gasteiger partial charge in [-0.1, -0.05) is 38.5 Å². The van der Waals surface area contributed by atoms with Crippen LogP contribution in [0.15, 0.2) is 42.6 Å². The molecule has 0 atom stereocenters. The molecule has 1 heterocycles. The monoisotopic (exact) mass is 225 g/mol. The third-order valence-electron chi connectivity index (χ3n) is 2.90. The van der Waals surface area contributed by atoms with E-state index in [0.717, 1.165) is 5.69 Å². The Labute approximate surface area is 104 Å². The standard InChI is InChI=1S/C16H19N/c1-12-9-13(15-7-5-6-8-17-15)11-14(10-12)16(2,3)4/h5-11H,1-4H3. The summed E-state index contributed by atoms with van der Waals surface area (Å²) in [6, 6.07) is 12.7. The van der Waals surface area contributed by atoms with Crippen LogP contribution < -0.4 is 0 Å². The van der Waals surface area contributed by atoms with Gasteiger partial charge in [0.2, 0.25) is 0 Å². The fourth-order valence-electron chi connectivity index (χ4n) is 1.90. The molecule has 0 fully saturated rings. The highest BCUT2D eigenvalue weighted by Gasteiger charge is 2.15. The molecule has 0 aliphatic rings. The first-order chi connectivity index (χ1) is 7.97. The van der Waals surface area contributed by atoms with E-state index in [1.54, 1.807) is 0 Å². The van der Waals surface area contributed by atoms with Crippen molar-refractivity contribution >= 4 is 0 Å². The maximum Gasteiger partial charge on any atom is 0.0702 e. The molecule has 0 radical (unpaired) electrons. The van der Waals surface area contributed by atoms with Crippen LogP contribution in [0.5, 0.6) is 0 Å². The molecule has 0 saturated carbocycles. The first kappa shape index (κ1) is 11.8. The van der Waals surface area contributed by atoms with Crippen LogP contribution in [0.25, 0.3) is 11.3 Å². The Bertz CT molecular complexity index is 507. The molecule has 2 rings (SSSR count). The Hall–Kier alpha value is -1.63. The lowest BCUT2D eigenvalue weighted by atomic mass is 9.85. The van der Waals surface area contributed by atoms with Gasteiger partial charge in [-0.2, -0.15) is 0 Å². The molecular weight excluding hydrogens is 206 g/mol. The van der Waals surface area contributed by atoms with E-state index in [1.165, 1.54) is 16.7 Å². The summed E-state index contributed by atoms with van der Waals surface area (Å²) in [4.78, 5) is 4.41. The maximum absolute atomic E-state index is 4.41. The van der Waals surface area contributed by atoms with Gasteiger partial charge in [0.15, 0.2) is 0 Å². The number of hydrogen-bond acceptors (Lipinski definition) is 1. The lowest BCUT2D eigenvalue weighted by molar-refractivity contribution is 0.590. The minimum atomic E-state index is 0.176. The number of nitrogens with zero attached hydrogens (tertiary/aromatic N) is 1. The molecular formula is C16H19N. The molecule has 17 heavy (non-hydrogen) atoms. The summed E-state index contributed by atoms with van der Waals surface area (Å²) in [6.07, 6.45) is 1.84. The summed E-state index contributed by atoms with van der Waals surface area (Å²) in [6.45, 7) is 8.86. The van der Waals surface area contributed by atoms with Crippen molar-refractivity contribution in [3.05, 3.63) is 53.7 Å². The first-order valence-corrected chi connectivity index (χ1v) is 6.00. The van der Waals surface area contributed by atoms with Crippen molar-refractivity contribution in [2.45, 2.75) is 33.1 Å². The molecule has 1 nitrogen and oxygen atoms in total. The summed E-state index contributed by atoms with van der Waals surface area (Å²) >= 11 is 0. The normalized spacial score (nSPS) is 11.5. The third-order valence-corrected chi connectivity index (χ3v) is 2.90. The predicted octanol–water partition coefficient (Wildman–Crippen LogP) is 4.35. The molecule has 0 unspecified atom stereocenters. The van der Waals surface area contributed by atoms with Crippen LogP contribution >= 0.6 is 0 Å². The Kier molecular flexibility index (Phi) is 3.01.